The highest BCUT2D eigenvalue weighted by Gasteiger charge is 2.29. The number of aromatic nitrogens is 4. The van der Waals surface area contributed by atoms with Crippen LogP contribution < -0.4 is 5.32 Å². The summed E-state index contributed by atoms with van der Waals surface area (Å²) in [7, 11) is 0. The summed E-state index contributed by atoms with van der Waals surface area (Å²) >= 11 is 0. The number of hydrogen-bond acceptors (Lipinski definition) is 5. The van der Waals surface area contributed by atoms with Crippen LogP contribution in [0.5, 0.6) is 0 Å². The highest BCUT2D eigenvalue weighted by Crippen LogP contribution is 2.29. The van der Waals surface area contributed by atoms with Crippen LogP contribution in [0.3, 0.4) is 0 Å². The van der Waals surface area contributed by atoms with Crippen molar-refractivity contribution in [2.24, 2.45) is 0 Å². The molecule has 0 aliphatic heterocycles. The fourth-order valence-electron chi connectivity index (χ4n) is 4.27. The van der Waals surface area contributed by atoms with Crippen LogP contribution in [0.25, 0.3) is 5.82 Å². The Morgan fingerprint density at radius 1 is 1.04 bits per heavy atom. The lowest BCUT2D eigenvalue weighted by atomic mass is 9.92. The summed E-state index contributed by atoms with van der Waals surface area (Å²) in [5.41, 5.74) is 2.05. The second-order valence-corrected chi connectivity index (χ2v) is 7.72. The van der Waals surface area contributed by atoms with Crippen LogP contribution in [0.2, 0.25) is 0 Å². The molecule has 6 heteroatoms. The third-order valence-corrected chi connectivity index (χ3v) is 5.55. The molecule has 2 saturated carbocycles. The molecule has 0 radical (unpaired) electrons. The van der Waals surface area contributed by atoms with Crippen LogP contribution in [0.4, 0.5) is 5.82 Å². The molecule has 0 bridgehead atoms. The highest BCUT2D eigenvalue weighted by atomic mass is 16.5. The number of nitrogens with zero attached hydrogens (tertiary/aromatic N) is 4. The van der Waals surface area contributed by atoms with Crippen molar-refractivity contribution in [2.75, 3.05) is 5.32 Å². The summed E-state index contributed by atoms with van der Waals surface area (Å²) in [6, 6.07) is 2.36. The maximum atomic E-state index is 6.45. The number of hydrogen-bond donors (Lipinski definition) is 1. The molecular formula is C20H29N5O. The maximum Gasteiger partial charge on any atom is 0.174 e. The molecule has 2 aliphatic rings. The molecule has 0 saturated heterocycles. The molecule has 4 rings (SSSR count). The van der Waals surface area contributed by atoms with Gasteiger partial charge in [0.15, 0.2) is 5.82 Å². The first-order chi connectivity index (χ1) is 12.7. The average molecular weight is 355 g/mol. The molecular weight excluding hydrogens is 326 g/mol. The van der Waals surface area contributed by atoms with Gasteiger partial charge in [-0.05, 0) is 45.6 Å². The largest absolute Gasteiger partial charge is 0.373 e. The van der Waals surface area contributed by atoms with Gasteiger partial charge < -0.3 is 10.1 Å². The van der Waals surface area contributed by atoms with Crippen LogP contribution in [0.15, 0.2) is 18.5 Å². The summed E-state index contributed by atoms with van der Waals surface area (Å²) in [5.74, 6) is 1.56. The molecule has 2 aromatic rings. The second kappa shape index (κ2) is 7.74. The van der Waals surface area contributed by atoms with Crippen molar-refractivity contribution in [1.82, 2.24) is 19.7 Å². The van der Waals surface area contributed by atoms with E-state index in [-0.39, 0.29) is 6.10 Å². The van der Waals surface area contributed by atoms with Crippen LogP contribution in [0.1, 0.15) is 62.8 Å². The molecule has 0 amide bonds. The zero-order valence-corrected chi connectivity index (χ0v) is 15.8. The molecule has 140 valence electrons. The predicted molar refractivity (Wildman–Crippen MR) is 102 cm³/mol. The summed E-state index contributed by atoms with van der Waals surface area (Å²) in [5, 5.41) is 8.12. The van der Waals surface area contributed by atoms with E-state index in [0.29, 0.717) is 12.1 Å². The summed E-state index contributed by atoms with van der Waals surface area (Å²) in [6.07, 6.45) is 14.1. The molecule has 2 aliphatic carbocycles. The van der Waals surface area contributed by atoms with Gasteiger partial charge in [0.1, 0.15) is 5.82 Å². The Morgan fingerprint density at radius 3 is 2.58 bits per heavy atom. The minimum absolute atomic E-state index is 0.283. The molecule has 26 heavy (non-hydrogen) atoms. The van der Waals surface area contributed by atoms with E-state index < -0.39 is 0 Å². The van der Waals surface area contributed by atoms with E-state index in [1.165, 1.54) is 38.5 Å². The van der Waals surface area contributed by atoms with Gasteiger partial charge in [-0.3, -0.25) is 4.98 Å². The Labute approximate surface area is 155 Å². The SMILES string of the molecule is Cc1cc(C)n(-c2cncc(NC3CCCCC3OC3CCCC3)n2)n1. The molecule has 2 unspecified atom stereocenters. The Balaban J connectivity index is 1.48. The van der Waals surface area contributed by atoms with Crippen LogP contribution in [-0.2, 0) is 4.74 Å². The van der Waals surface area contributed by atoms with Crippen LogP contribution in [0, 0.1) is 13.8 Å². The van der Waals surface area contributed by atoms with Gasteiger partial charge in [0, 0.05) is 5.69 Å². The first-order valence-corrected chi connectivity index (χ1v) is 9.97. The lowest BCUT2D eigenvalue weighted by molar-refractivity contribution is -0.0322. The number of anilines is 1. The average Bonchev–Trinajstić information content (AvgIpc) is 3.26. The fourth-order valence-corrected chi connectivity index (χ4v) is 4.27. The Bertz CT molecular complexity index is 738. The summed E-state index contributed by atoms with van der Waals surface area (Å²) in [6.45, 7) is 4.03. The van der Waals surface area contributed by atoms with Crippen molar-refractivity contribution in [2.45, 2.75) is 83.5 Å². The van der Waals surface area contributed by atoms with E-state index in [1.807, 2.05) is 24.6 Å². The van der Waals surface area contributed by atoms with E-state index in [0.717, 1.165) is 35.9 Å². The fraction of sp³-hybridized carbons (Fsp3) is 0.650. The molecule has 2 atom stereocenters. The molecule has 6 nitrogen and oxygen atoms in total. The zero-order valence-electron chi connectivity index (χ0n) is 15.8. The number of rotatable bonds is 5. The van der Waals surface area contributed by atoms with E-state index in [9.17, 15) is 0 Å². The van der Waals surface area contributed by atoms with Gasteiger partial charge >= 0.3 is 0 Å². The van der Waals surface area contributed by atoms with Crippen molar-refractivity contribution in [1.29, 1.82) is 0 Å². The van der Waals surface area contributed by atoms with Gasteiger partial charge in [-0.2, -0.15) is 5.10 Å². The first kappa shape index (κ1) is 17.5. The summed E-state index contributed by atoms with van der Waals surface area (Å²) < 4.78 is 8.29. The molecule has 1 N–H and O–H groups in total. The smallest absolute Gasteiger partial charge is 0.174 e. The van der Waals surface area contributed by atoms with Gasteiger partial charge in [-0.25, -0.2) is 9.67 Å². The highest BCUT2D eigenvalue weighted by molar-refractivity contribution is 5.38. The zero-order chi connectivity index (χ0) is 17.9. The standard InChI is InChI=1S/C20H29N5O/c1-14-11-15(2)25(24-14)20-13-21-12-19(23-20)22-17-9-5-6-10-18(17)26-16-7-3-4-8-16/h11-13,16-18H,3-10H2,1-2H3,(H,22,23). The molecule has 2 heterocycles. The van der Waals surface area contributed by atoms with Crippen molar-refractivity contribution in [3.05, 3.63) is 29.8 Å². The van der Waals surface area contributed by atoms with E-state index >= 15 is 0 Å². The normalized spacial score (nSPS) is 24.1. The third-order valence-electron chi connectivity index (χ3n) is 5.55. The molecule has 2 aromatic heterocycles. The van der Waals surface area contributed by atoms with Crippen molar-refractivity contribution in [3.8, 4) is 5.82 Å². The Morgan fingerprint density at radius 2 is 1.81 bits per heavy atom. The number of ether oxygens (including phenoxy) is 1. The van der Waals surface area contributed by atoms with Crippen molar-refractivity contribution >= 4 is 5.82 Å². The van der Waals surface area contributed by atoms with Crippen LogP contribution in [-0.4, -0.2) is 38.0 Å². The van der Waals surface area contributed by atoms with Gasteiger partial charge in [-0.15, -0.1) is 0 Å². The van der Waals surface area contributed by atoms with Crippen molar-refractivity contribution < 1.29 is 4.74 Å². The van der Waals surface area contributed by atoms with E-state index in [4.69, 9.17) is 9.72 Å². The quantitative estimate of drug-likeness (QED) is 0.879. The maximum absolute atomic E-state index is 6.45. The second-order valence-electron chi connectivity index (χ2n) is 7.72. The van der Waals surface area contributed by atoms with E-state index in [1.54, 1.807) is 12.4 Å². The third kappa shape index (κ3) is 3.90. The van der Waals surface area contributed by atoms with Gasteiger partial charge in [-0.1, -0.05) is 25.7 Å². The van der Waals surface area contributed by atoms with Crippen LogP contribution >= 0.6 is 0 Å². The topological polar surface area (TPSA) is 64.9 Å². The monoisotopic (exact) mass is 355 g/mol. The minimum atomic E-state index is 0.283. The van der Waals surface area contributed by atoms with Gasteiger partial charge in [0.2, 0.25) is 0 Å². The lowest BCUT2D eigenvalue weighted by Gasteiger charge is -2.34. The molecule has 0 spiro atoms. The number of nitrogens with one attached hydrogen (secondary N) is 1. The lowest BCUT2D eigenvalue weighted by Crippen LogP contribution is -2.40. The molecule has 0 aromatic carbocycles. The van der Waals surface area contributed by atoms with E-state index in [2.05, 4.69) is 15.4 Å². The molecule has 2 fully saturated rings. The number of aryl methyl sites for hydroxylation is 2. The predicted octanol–water partition coefficient (Wildman–Crippen LogP) is 3.96. The first-order valence-electron chi connectivity index (χ1n) is 9.97. The van der Waals surface area contributed by atoms with Gasteiger partial charge in [0.05, 0.1) is 36.3 Å². The Hall–Kier alpha value is -1.95. The van der Waals surface area contributed by atoms with Crippen molar-refractivity contribution in [3.63, 3.8) is 0 Å². The Kier molecular flexibility index (Phi) is 5.20. The van der Waals surface area contributed by atoms with Gasteiger partial charge in [0.25, 0.3) is 0 Å². The minimum Gasteiger partial charge on any atom is -0.373 e. The summed E-state index contributed by atoms with van der Waals surface area (Å²) in [4.78, 5) is 9.13.